The van der Waals surface area contributed by atoms with E-state index in [2.05, 4.69) is 64.1 Å². The van der Waals surface area contributed by atoms with E-state index in [1.807, 2.05) is 13.2 Å². The Morgan fingerprint density at radius 2 is 1.92 bits per heavy atom. The summed E-state index contributed by atoms with van der Waals surface area (Å²) in [5.74, 6) is 0. The van der Waals surface area contributed by atoms with Crippen LogP contribution in [0.15, 0.2) is 6.20 Å². The van der Waals surface area contributed by atoms with Crippen molar-refractivity contribution in [1.29, 1.82) is 0 Å². The number of nitrogens with one attached hydrogen (secondary N) is 2. The summed E-state index contributed by atoms with van der Waals surface area (Å²) in [5.41, 5.74) is 3.73. The van der Waals surface area contributed by atoms with Crippen molar-refractivity contribution in [2.24, 2.45) is 0 Å². The summed E-state index contributed by atoms with van der Waals surface area (Å²) in [7, 11) is 2.55. The summed E-state index contributed by atoms with van der Waals surface area (Å²) in [6.45, 7) is 4.16. The normalized spacial score (nSPS) is 8.42. The summed E-state index contributed by atoms with van der Waals surface area (Å²) in [6, 6.07) is 0. The molecule has 0 radical (unpaired) electrons. The van der Waals surface area contributed by atoms with Crippen molar-refractivity contribution in [1.82, 2.24) is 4.98 Å². The molecule has 0 aliphatic carbocycles. The second-order valence-corrected chi connectivity index (χ2v) is 14.1. The van der Waals surface area contributed by atoms with E-state index < -0.39 is 0 Å². The predicted molar refractivity (Wildman–Crippen MR) is 67.9 cm³/mol. The third kappa shape index (κ3) is 4.39. The molecule has 12 heavy (non-hydrogen) atoms. The fourth-order valence-corrected chi connectivity index (χ4v) is 0.859. The van der Waals surface area contributed by atoms with Gasteiger partial charge in [-0.05, 0) is 19.4 Å². The zero-order valence-electron chi connectivity index (χ0n) is 7.28. The van der Waals surface area contributed by atoms with Gasteiger partial charge in [0.25, 0.3) is 0 Å². The zero-order valence-corrected chi connectivity index (χ0v) is 13.0. The average molecular weight is 429 g/mol. The SMILES string of the molecule is CNc1c[nH]c(C)c1C.[I][V][I]. The number of anilines is 1. The molecule has 0 saturated heterocycles. The van der Waals surface area contributed by atoms with E-state index in [1.165, 1.54) is 16.9 Å². The van der Waals surface area contributed by atoms with Crippen molar-refractivity contribution in [3.8, 4) is 0 Å². The van der Waals surface area contributed by atoms with Gasteiger partial charge in [-0.25, -0.2) is 0 Å². The Kier molecular flexibility index (Phi) is 8.23. The van der Waals surface area contributed by atoms with Gasteiger partial charge < -0.3 is 10.3 Å². The Bertz CT molecular complexity index is 225. The molecule has 0 fully saturated rings. The number of rotatable bonds is 1. The number of hydrogen-bond acceptors (Lipinski definition) is 1. The molecule has 0 amide bonds. The van der Waals surface area contributed by atoms with Crippen molar-refractivity contribution < 1.29 is 9.47 Å². The number of aromatic amines is 1. The van der Waals surface area contributed by atoms with E-state index in [-0.39, 0.29) is 0 Å². The average Bonchev–Trinajstić information content (AvgIpc) is 2.35. The van der Waals surface area contributed by atoms with E-state index in [9.17, 15) is 0 Å². The van der Waals surface area contributed by atoms with Crippen LogP contribution in [0.2, 0.25) is 0 Å². The Morgan fingerprint density at radius 3 is 2.08 bits per heavy atom. The van der Waals surface area contributed by atoms with Crippen LogP contribution in [-0.2, 0) is 9.47 Å². The van der Waals surface area contributed by atoms with Crippen molar-refractivity contribution >= 4 is 45.6 Å². The third-order valence-electron chi connectivity index (χ3n) is 1.67. The molecule has 1 heterocycles. The fourth-order valence-electron chi connectivity index (χ4n) is 0.859. The first-order chi connectivity index (χ1) is 5.67. The summed E-state index contributed by atoms with van der Waals surface area (Å²) in [4.78, 5) is 3.13. The van der Waals surface area contributed by atoms with Gasteiger partial charge in [0.1, 0.15) is 0 Å². The van der Waals surface area contributed by atoms with Crippen LogP contribution in [0.1, 0.15) is 11.3 Å². The van der Waals surface area contributed by atoms with Crippen LogP contribution in [0, 0.1) is 13.8 Å². The molecule has 2 nitrogen and oxygen atoms in total. The first kappa shape index (κ1) is 13.1. The Morgan fingerprint density at radius 1 is 1.42 bits per heavy atom. The monoisotopic (exact) mass is 429 g/mol. The van der Waals surface area contributed by atoms with E-state index in [0.29, 0.717) is 9.47 Å². The van der Waals surface area contributed by atoms with Crippen LogP contribution in [0.5, 0.6) is 0 Å². The molecule has 0 spiro atoms. The van der Waals surface area contributed by atoms with Crippen LogP contribution in [0.25, 0.3) is 0 Å². The summed E-state index contributed by atoms with van der Waals surface area (Å²) in [5, 5.41) is 3.08. The molecule has 2 N–H and O–H groups in total. The molecule has 0 aliphatic heterocycles. The van der Waals surface area contributed by atoms with Gasteiger partial charge >= 0.3 is 49.4 Å². The minimum atomic E-state index is 0.628. The second-order valence-electron chi connectivity index (χ2n) is 2.27. The van der Waals surface area contributed by atoms with Gasteiger partial charge in [-0.15, -0.1) is 0 Å². The standard InChI is InChI=1S/C7H12N2.2HI.V/c1-5-6(2)9-4-7(5)8-3;;;/h4,8-9H,1-3H3;2*1H;/q;;;+2/p-2. The fraction of sp³-hybridized carbons (Fsp3) is 0.429. The van der Waals surface area contributed by atoms with Crippen molar-refractivity contribution in [2.45, 2.75) is 13.8 Å². The summed E-state index contributed by atoms with van der Waals surface area (Å²) < 4.78 is 0. The van der Waals surface area contributed by atoms with Gasteiger partial charge in [-0.3, -0.25) is 0 Å². The number of hydrogen-bond donors (Lipinski definition) is 2. The maximum atomic E-state index is 3.13. The van der Waals surface area contributed by atoms with E-state index >= 15 is 0 Å². The van der Waals surface area contributed by atoms with Crippen molar-refractivity contribution in [3.63, 3.8) is 0 Å². The molecule has 5 heteroatoms. The predicted octanol–water partition coefficient (Wildman–Crippen LogP) is 3.44. The molecule has 69 valence electrons. The topological polar surface area (TPSA) is 27.8 Å². The van der Waals surface area contributed by atoms with Gasteiger partial charge in [0.2, 0.25) is 0 Å². The van der Waals surface area contributed by atoms with Crippen molar-refractivity contribution in [3.05, 3.63) is 17.5 Å². The van der Waals surface area contributed by atoms with Crippen LogP contribution in [0.3, 0.4) is 0 Å². The molecule has 0 saturated carbocycles. The van der Waals surface area contributed by atoms with E-state index in [0.717, 1.165) is 0 Å². The molecular formula is C7H12I2N2V. The molecule has 1 aromatic rings. The first-order valence-corrected chi connectivity index (χ1v) is 12.4. The Balaban J connectivity index is 0.000000354. The number of aryl methyl sites for hydroxylation is 1. The molecule has 0 bridgehead atoms. The first-order valence-electron chi connectivity index (χ1n) is 3.42. The summed E-state index contributed by atoms with van der Waals surface area (Å²) >= 11 is 4.74. The molecule has 0 aliphatic rings. The van der Waals surface area contributed by atoms with Crippen molar-refractivity contribution in [2.75, 3.05) is 12.4 Å². The van der Waals surface area contributed by atoms with Crippen LogP contribution >= 0.6 is 40.0 Å². The molecular weight excluding hydrogens is 417 g/mol. The molecule has 0 aromatic carbocycles. The van der Waals surface area contributed by atoms with Crippen LogP contribution < -0.4 is 5.32 Å². The summed E-state index contributed by atoms with van der Waals surface area (Å²) in [6.07, 6.45) is 1.98. The van der Waals surface area contributed by atoms with E-state index in [4.69, 9.17) is 0 Å². The quantitative estimate of drug-likeness (QED) is 0.659. The zero-order chi connectivity index (χ0) is 9.56. The van der Waals surface area contributed by atoms with Crippen LogP contribution in [-0.4, -0.2) is 12.0 Å². The van der Waals surface area contributed by atoms with E-state index in [1.54, 1.807) is 0 Å². The van der Waals surface area contributed by atoms with Gasteiger partial charge in [-0.2, -0.15) is 0 Å². The number of aromatic nitrogens is 1. The van der Waals surface area contributed by atoms with Gasteiger partial charge in [0, 0.05) is 18.9 Å². The van der Waals surface area contributed by atoms with Crippen LogP contribution in [0.4, 0.5) is 5.69 Å². The maximum absolute atomic E-state index is 3.13. The molecule has 1 aromatic heterocycles. The van der Waals surface area contributed by atoms with Gasteiger partial charge in [0.05, 0.1) is 5.69 Å². The number of H-pyrrole nitrogens is 1. The minimum absolute atomic E-state index is 0.628. The molecule has 0 atom stereocenters. The Labute approximate surface area is 102 Å². The second kappa shape index (κ2) is 7.52. The number of halogens is 2. The molecule has 1 rings (SSSR count). The third-order valence-corrected chi connectivity index (χ3v) is 1.67. The molecule has 0 unspecified atom stereocenters. The van der Waals surface area contributed by atoms with Gasteiger partial charge in [0.15, 0.2) is 0 Å². The van der Waals surface area contributed by atoms with Gasteiger partial charge in [-0.1, -0.05) is 0 Å². The Hall–Kier alpha value is 1.12.